The zero-order valence-corrected chi connectivity index (χ0v) is 16.6. The molecule has 27 heavy (non-hydrogen) atoms. The lowest BCUT2D eigenvalue weighted by atomic mass is 9.76. The van der Waals surface area contributed by atoms with E-state index in [9.17, 15) is 4.79 Å². The van der Waals surface area contributed by atoms with Crippen LogP contribution in [0.4, 0.5) is 0 Å². The van der Waals surface area contributed by atoms with Crippen molar-refractivity contribution in [1.29, 1.82) is 0 Å². The first-order valence-electron chi connectivity index (χ1n) is 9.79. The van der Waals surface area contributed by atoms with Crippen LogP contribution in [0.2, 0.25) is 0 Å². The number of esters is 1. The molecule has 0 bridgehead atoms. The molecule has 0 unspecified atom stereocenters. The number of hydrogen-bond donors (Lipinski definition) is 1. The van der Waals surface area contributed by atoms with Crippen molar-refractivity contribution in [3.63, 3.8) is 0 Å². The number of benzene rings is 1. The normalized spacial score (nSPS) is 22.8. The van der Waals surface area contributed by atoms with Crippen molar-refractivity contribution in [3.05, 3.63) is 35.7 Å². The van der Waals surface area contributed by atoms with Crippen molar-refractivity contribution in [1.82, 2.24) is 25.5 Å². The van der Waals surface area contributed by atoms with Gasteiger partial charge in [0.15, 0.2) is 5.82 Å². The molecule has 1 fully saturated rings. The van der Waals surface area contributed by atoms with E-state index in [0.717, 1.165) is 37.2 Å². The van der Waals surface area contributed by atoms with Crippen LogP contribution in [0.25, 0.3) is 5.69 Å². The van der Waals surface area contributed by atoms with Gasteiger partial charge in [-0.25, -0.2) is 4.79 Å². The number of ether oxygens (including phenoxy) is 1. The predicted molar refractivity (Wildman–Crippen MR) is 103 cm³/mol. The van der Waals surface area contributed by atoms with Gasteiger partial charge in [-0.15, -0.1) is 5.10 Å². The van der Waals surface area contributed by atoms with Crippen LogP contribution < -0.4 is 5.32 Å². The molecule has 1 saturated carbocycles. The highest BCUT2D eigenvalue weighted by molar-refractivity contribution is 5.90. The van der Waals surface area contributed by atoms with Crippen molar-refractivity contribution >= 4 is 5.97 Å². The SMILES string of the molecule is CCOC(=O)c1cccc(-n2nnnc2C2(NC(C)C)CCC(C)CC2)c1. The molecule has 0 atom stereocenters. The summed E-state index contributed by atoms with van der Waals surface area (Å²) in [6.07, 6.45) is 4.25. The van der Waals surface area contributed by atoms with Crippen LogP contribution in [-0.4, -0.2) is 38.8 Å². The Bertz CT molecular complexity index is 778. The third-order valence-corrected chi connectivity index (χ3v) is 5.19. The molecule has 7 heteroatoms. The lowest BCUT2D eigenvalue weighted by Crippen LogP contribution is -2.49. The molecule has 0 amide bonds. The predicted octanol–water partition coefficient (Wildman–Crippen LogP) is 3.24. The molecule has 1 aromatic carbocycles. The van der Waals surface area contributed by atoms with E-state index in [4.69, 9.17) is 4.74 Å². The second-order valence-corrected chi connectivity index (χ2v) is 7.75. The molecule has 0 spiro atoms. The Kier molecular flexibility index (Phi) is 5.89. The number of tetrazole rings is 1. The highest BCUT2D eigenvalue weighted by atomic mass is 16.5. The Hall–Kier alpha value is -2.28. The fourth-order valence-corrected chi connectivity index (χ4v) is 3.88. The van der Waals surface area contributed by atoms with Crippen LogP contribution in [-0.2, 0) is 10.3 Å². The van der Waals surface area contributed by atoms with Gasteiger partial charge in [-0.2, -0.15) is 4.68 Å². The van der Waals surface area contributed by atoms with Gasteiger partial charge in [0.05, 0.1) is 23.4 Å². The largest absolute Gasteiger partial charge is 0.462 e. The van der Waals surface area contributed by atoms with Gasteiger partial charge in [0, 0.05) is 6.04 Å². The van der Waals surface area contributed by atoms with E-state index in [0.29, 0.717) is 24.1 Å². The summed E-state index contributed by atoms with van der Waals surface area (Å²) in [6.45, 7) is 8.74. The lowest BCUT2D eigenvalue weighted by Gasteiger charge is -2.40. The van der Waals surface area contributed by atoms with Crippen molar-refractivity contribution in [2.24, 2.45) is 5.92 Å². The van der Waals surface area contributed by atoms with Crippen LogP contribution in [0.3, 0.4) is 0 Å². The summed E-state index contributed by atoms with van der Waals surface area (Å²) in [6, 6.07) is 7.59. The standard InChI is InChI=1S/C20H29N5O2/c1-5-27-18(26)16-7-6-8-17(13-16)25-19(22-23-24-25)20(21-14(2)3)11-9-15(4)10-12-20/h6-8,13-15,21H,5,9-12H2,1-4H3. The molecule has 1 N–H and O–H groups in total. The summed E-state index contributed by atoms with van der Waals surface area (Å²) in [5.41, 5.74) is 1.01. The summed E-state index contributed by atoms with van der Waals surface area (Å²) in [5, 5.41) is 16.3. The third-order valence-electron chi connectivity index (χ3n) is 5.19. The molecular weight excluding hydrogens is 342 g/mol. The fraction of sp³-hybridized carbons (Fsp3) is 0.600. The van der Waals surface area contributed by atoms with Gasteiger partial charge in [0.1, 0.15) is 0 Å². The monoisotopic (exact) mass is 371 g/mol. The first-order valence-corrected chi connectivity index (χ1v) is 9.79. The quantitative estimate of drug-likeness (QED) is 0.785. The molecule has 2 aromatic rings. The van der Waals surface area contributed by atoms with Crippen LogP contribution >= 0.6 is 0 Å². The molecule has 1 heterocycles. The maximum Gasteiger partial charge on any atom is 0.338 e. The topological polar surface area (TPSA) is 81.9 Å². The first kappa shape index (κ1) is 19.5. The summed E-state index contributed by atoms with van der Waals surface area (Å²) in [4.78, 5) is 12.1. The average Bonchev–Trinajstić information content (AvgIpc) is 3.14. The van der Waals surface area contributed by atoms with Crippen LogP contribution in [0.15, 0.2) is 24.3 Å². The van der Waals surface area contributed by atoms with Crippen molar-refractivity contribution in [2.45, 2.75) is 65.0 Å². The number of nitrogens with zero attached hydrogens (tertiary/aromatic N) is 4. The zero-order valence-electron chi connectivity index (χ0n) is 16.6. The molecule has 0 radical (unpaired) electrons. The van der Waals surface area contributed by atoms with E-state index in [1.807, 2.05) is 12.1 Å². The minimum absolute atomic E-state index is 0.260. The average molecular weight is 371 g/mol. The maximum absolute atomic E-state index is 12.1. The molecule has 3 rings (SSSR count). The second kappa shape index (κ2) is 8.17. The van der Waals surface area contributed by atoms with Gasteiger partial charge < -0.3 is 10.1 Å². The van der Waals surface area contributed by atoms with Gasteiger partial charge >= 0.3 is 5.97 Å². The Labute approximate surface area is 160 Å². The van der Waals surface area contributed by atoms with E-state index in [-0.39, 0.29) is 11.5 Å². The second-order valence-electron chi connectivity index (χ2n) is 7.75. The Morgan fingerprint density at radius 3 is 2.78 bits per heavy atom. The number of carbonyl (C=O) groups is 1. The van der Waals surface area contributed by atoms with Gasteiger partial charge in [0.25, 0.3) is 0 Å². The van der Waals surface area contributed by atoms with E-state index in [1.54, 1.807) is 23.7 Å². The molecular formula is C20H29N5O2. The van der Waals surface area contributed by atoms with E-state index in [2.05, 4.69) is 41.6 Å². The van der Waals surface area contributed by atoms with Gasteiger partial charge in [-0.3, -0.25) is 0 Å². The lowest BCUT2D eigenvalue weighted by molar-refractivity contribution is 0.0526. The molecule has 7 nitrogen and oxygen atoms in total. The minimum atomic E-state index is -0.338. The van der Waals surface area contributed by atoms with Crippen LogP contribution in [0.5, 0.6) is 0 Å². The molecule has 0 aliphatic heterocycles. The fourth-order valence-electron chi connectivity index (χ4n) is 3.88. The Morgan fingerprint density at radius 1 is 1.37 bits per heavy atom. The van der Waals surface area contributed by atoms with E-state index >= 15 is 0 Å². The van der Waals surface area contributed by atoms with Crippen molar-refractivity contribution in [3.8, 4) is 5.69 Å². The summed E-state index contributed by atoms with van der Waals surface area (Å²) in [5.74, 6) is 1.18. The van der Waals surface area contributed by atoms with Gasteiger partial charge in [0.2, 0.25) is 0 Å². The minimum Gasteiger partial charge on any atom is -0.462 e. The van der Waals surface area contributed by atoms with E-state index < -0.39 is 0 Å². The summed E-state index contributed by atoms with van der Waals surface area (Å²) < 4.78 is 6.88. The maximum atomic E-state index is 12.1. The number of aromatic nitrogens is 4. The summed E-state index contributed by atoms with van der Waals surface area (Å²) >= 11 is 0. The molecule has 146 valence electrons. The number of carbonyl (C=O) groups excluding carboxylic acids is 1. The molecule has 0 saturated heterocycles. The smallest absolute Gasteiger partial charge is 0.338 e. The number of rotatable bonds is 6. The third kappa shape index (κ3) is 4.18. The van der Waals surface area contributed by atoms with Crippen molar-refractivity contribution < 1.29 is 9.53 Å². The van der Waals surface area contributed by atoms with Crippen molar-refractivity contribution in [2.75, 3.05) is 6.61 Å². The number of nitrogens with one attached hydrogen (secondary N) is 1. The Balaban J connectivity index is 1.99. The van der Waals surface area contributed by atoms with Gasteiger partial charge in [-0.05, 0) is 81.0 Å². The molecule has 1 aliphatic rings. The Morgan fingerprint density at radius 2 is 2.11 bits per heavy atom. The van der Waals surface area contributed by atoms with Crippen LogP contribution in [0.1, 0.15) is 69.6 Å². The highest BCUT2D eigenvalue weighted by Gasteiger charge is 2.41. The summed E-state index contributed by atoms with van der Waals surface area (Å²) in [7, 11) is 0. The highest BCUT2D eigenvalue weighted by Crippen LogP contribution is 2.39. The van der Waals surface area contributed by atoms with Crippen LogP contribution in [0, 0.1) is 5.92 Å². The molecule has 1 aromatic heterocycles. The number of hydrogen-bond acceptors (Lipinski definition) is 6. The van der Waals surface area contributed by atoms with E-state index in [1.165, 1.54) is 0 Å². The molecule has 1 aliphatic carbocycles. The first-order chi connectivity index (χ1) is 12.9. The van der Waals surface area contributed by atoms with Gasteiger partial charge in [-0.1, -0.05) is 13.0 Å². The zero-order chi connectivity index (χ0) is 19.4.